The highest BCUT2D eigenvalue weighted by Gasteiger charge is 2.32. The Morgan fingerprint density at radius 3 is 3.00 bits per heavy atom. The minimum atomic E-state index is 0.490. The van der Waals surface area contributed by atoms with Gasteiger partial charge in [-0.1, -0.05) is 13.0 Å². The monoisotopic (exact) mass is 245 g/mol. The number of benzene rings is 1. The molecule has 1 aromatic carbocycles. The van der Waals surface area contributed by atoms with E-state index in [1.165, 1.54) is 12.8 Å². The summed E-state index contributed by atoms with van der Waals surface area (Å²) in [5, 5.41) is 0. The number of rotatable bonds is 2. The van der Waals surface area contributed by atoms with Gasteiger partial charge in [-0.25, -0.2) is 0 Å². The molecule has 0 saturated carbocycles. The minimum absolute atomic E-state index is 0.490. The van der Waals surface area contributed by atoms with Crippen LogP contribution < -0.4 is 10.6 Å². The molecule has 1 saturated heterocycles. The molecule has 2 atom stereocenters. The molecule has 0 radical (unpaired) electrons. The summed E-state index contributed by atoms with van der Waals surface area (Å²) in [5.41, 5.74) is 8.17. The zero-order valence-corrected chi connectivity index (χ0v) is 10.9. The van der Waals surface area contributed by atoms with Crippen LogP contribution in [0.2, 0.25) is 0 Å². The Hall–Kier alpha value is -1.71. The molecule has 0 bridgehead atoms. The molecule has 2 N–H and O–H groups in total. The van der Waals surface area contributed by atoms with Crippen molar-refractivity contribution >= 4 is 22.8 Å². The molecule has 96 valence electrons. The van der Waals surface area contributed by atoms with Crippen LogP contribution in [0.15, 0.2) is 22.6 Å². The lowest BCUT2D eigenvalue weighted by Gasteiger charge is -2.25. The maximum absolute atomic E-state index is 5.93. The number of nitrogens with two attached hydrogens (primary N) is 1. The first-order valence-electron chi connectivity index (χ1n) is 6.64. The summed E-state index contributed by atoms with van der Waals surface area (Å²) in [7, 11) is 0. The van der Waals surface area contributed by atoms with E-state index in [-0.39, 0.29) is 0 Å². The second-order valence-corrected chi connectivity index (χ2v) is 5.09. The number of para-hydroxylation sites is 1. The maximum Gasteiger partial charge on any atom is 0.298 e. The third kappa shape index (κ3) is 1.64. The van der Waals surface area contributed by atoms with Crippen molar-refractivity contribution in [3.8, 4) is 0 Å². The van der Waals surface area contributed by atoms with Gasteiger partial charge in [0.05, 0.1) is 5.69 Å². The van der Waals surface area contributed by atoms with Crippen LogP contribution in [-0.4, -0.2) is 17.1 Å². The molecular formula is C14H19N3O. The zero-order chi connectivity index (χ0) is 12.7. The molecule has 1 aliphatic heterocycles. The van der Waals surface area contributed by atoms with E-state index in [4.69, 9.17) is 10.2 Å². The highest BCUT2D eigenvalue weighted by atomic mass is 16.4. The van der Waals surface area contributed by atoms with Crippen molar-refractivity contribution < 1.29 is 4.42 Å². The third-order valence-electron chi connectivity index (χ3n) is 3.92. The van der Waals surface area contributed by atoms with E-state index in [1.807, 2.05) is 18.2 Å². The number of hydrogen-bond acceptors (Lipinski definition) is 4. The predicted molar refractivity (Wildman–Crippen MR) is 73.7 cm³/mol. The molecule has 0 aliphatic carbocycles. The van der Waals surface area contributed by atoms with Gasteiger partial charge < -0.3 is 15.1 Å². The van der Waals surface area contributed by atoms with E-state index >= 15 is 0 Å². The first kappa shape index (κ1) is 11.4. The summed E-state index contributed by atoms with van der Waals surface area (Å²) < 4.78 is 5.87. The van der Waals surface area contributed by atoms with Gasteiger partial charge >= 0.3 is 0 Å². The summed E-state index contributed by atoms with van der Waals surface area (Å²) in [6.45, 7) is 4.45. The molecule has 1 aromatic heterocycles. The van der Waals surface area contributed by atoms with Crippen molar-refractivity contribution in [1.82, 2.24) is 4.98 Å². The first-order chi connectivity index (χ1) is 8.70. The molecule has 2 aromatic rings. The Kier molecular flexibility index (Phi) is 2.65. The molecule has 0 amide bonds. The van der Waals surface area contributed by atoms with Gasteiger partial charge in [-0.05, 0) is 38.3 Å². The Balaban J connectivity index is 2.06. The topological polar surface area (TPSA) is 55.3 Å². The predicted octanol–water partition coefficient (Wildman–Crippen LogP) is 3.18. The molecule has 1 aliphatic rings. The highest BCUT2D eigenvalue weighted by molar-refractivity contribution is 5.86. The van der Waals surface area contributed by atoms with E-state index in [2.05, 4.69) is 23.7 Å². The Morgan fingerprint density at radius 1 is 1.44 bits per heavy atom. The molecular weight excluding hydrogens is 226 g/mol. The number of aromatic nitrogens is 1. The average Bonchev–Trinajstić information content (AvgIpc) is 2.92. The van der Waals surface area contributed by atoms with Crippen molar-refractivity contribution in [3.63, 3.8) is 0 Å². The van der Waals surface area contributed by atoms with Gasteiger partial charge in [0.1, 0.15) is 5.52 Å². The molecule has 0 spiro atoms. The minimum Gasteiger partial charge on any atom is -0.423 e. The summed E-state index contributed by atoms with van der Waals surface area (Å²) >= 11 is 0. The smallest absolute Gasteiger partial charge is 0.298 e. The number of nitrogen functional groups attached to an aromatic ring is 1. The number of oxazole rings is 1. The average molecular weight is 245 g/mol. The number of anilines is 2. The van der Waals surface area contributed by atoms with E-state index in [9.17, 15) is 0 Å². The maximum atomic E-state index is 5.93. The summed E-state index contributed by atoms with van der Waals surface area (Å²) in [5.74, 6) is 0. The Bertz CT molecular complexity index is 563. The van der Waals surface area contributed by atoms with Crippen molar-refractivity contribution in [1.29, 1.82) is 0 Å². The van der Waals surface area contributed by atoms with E-state index in [0.29, 0.717) is 17.8 Å². The fraction of sp³-hybridized carbons (Fsp3) is 0.500. The summed E-state index contributed by atoms with van der Waals surface area (Å²) in [6.07, 6.45) is 3.54. The van der Waals surface area contributed by atoms with Crippen molar-refractivity contribution in [2.45, 2.75) is 45.2 Å². The van der Waals surface area contributed by atoms with Gasteiger partial charge in [-0.2, -0.15) is 4.98 Å². The molecule has 3 rings (SSSR count). The van der Waals surface area contributed by atoms with Crippen molar-refractivity contribution in [2.24, 2.45) is 0 Å². The lowest BCUT2D eigenvalue weighted by atomic mass is 10.2. The van der Waals surface area contributed by atoms with Crippen molar-refractivity contribution in [2.75, 3.05) is 10.6 Å². The van der Waals surface area contributed by atoms with Gasteiger partial charge in [0.15, 0.2) is 5.58 Å². The first-order valence-corrected chi connectivity index (χ1v) is 6.64. The molecule has 1 fully saturated rings. The van der Waals surface area contributed by atoms with Crippen LogP contribution in [-0.2, 0) is 0 Å². The largest absolute Gasteiger partial charge is 0.423 e. The number of nitrogens with zero attached hydrogens (tertiary/aromatic N) is 2. The van der Waals surface area contributed by atoms with Gasteiger partial charge in [-0.3, -0.25) is 0 Å². The lowest BCUT2D eigenvalue weighted by molar-refractivity contribution is 0.520. The second-order valence-electron chi connectivity index (χ2n) is 5.09. The zero-order valence-electron chi connectivity index (χ0n) is 10.9. The van der Waals surface area contributed by atoms with E-state index in [1.54, 1.807) is 0 Å². The fourth-order valence-electron chi connectivity index (χ4n) is 2.89. The molecule has 18 heavy (non-hydrogen) atoms. The fourth-order valence-corrected chi connectivity index (χ4v) is 2.89. The van der Waals surface area contributed by atoms with Crippen LogP contribution >= 0.6 is 0 Å². The number of fused-ring (bicyclic) bond motifs is 1. The Labute approximate surface area is 107 Å². The van der Waals surface area contributed by atoms with Crippen LogP contribution in [0.5, 0.6) is 0 Å². The Morgan fingerprint density at radius 2 is 2.28 bits per heavy atom. The van der Waals surface area contributed by atoms with Crippen LogP contribution in [0.4, 0.5) is 11.7 Å². The quantitative estimate of drug-likeness (QED) is 0.826. The molecule has 4 nitrogen and oxygen atoms in total. The SMILES string of the molecule is CCC1CCC(C)N1c1nc2c(N)cccc2o1. The van der Waals surface area contributed by atoms with Crippen LogP contribution in [0.3, 0.4) is 0 Å². The van der Waals surface area contributed by atoms with Gasteiger partial charge in [0, 0.05) is 12.1 Å². The van der Waals surface area contributed by atoms with Crippen molar-refractivity contribution in [3.05, 3.63) is 18.2 Å². The summed E-state index contributed by atoms with van der Waals surface area (Å²) in [6, 6.07) is 7.43. The lowest BCUT2D eigenvalue weighted by Crippen LogP contribution is -2.34. The van der Waals surface area contributed by atoms with Gasteiger partial charge in [0.2, 0.25) is 0 Å². The normalized spacial score (nSPS) is 24.0. The molecule has 2 unspecified atom stereocenters. The van der Waals surface area contributed by atoms with E-state index in [0.717, 1.165) is 23.5 Å². The third-order valence-corrected chi connectivity index (χ3v) is 3.92. The molecule has 4 heteroatoms. The standard InChI is InChI=1S/C14H19N3O/c1-3-10-8-7-9(2)17(10)14-16-13-11(15)5-4-6-12(13)18-14/h4-6,9-10H,3,7-8,15H2,1-2H3. The van der Waals surface area contributed by atoms with Gasteiger partial charge in [0.25, 0.3) is 6.01 Å². The second kappa shape index (κ2) is 4.19. The van der Waals surface area contributed by atoms with Gasteiger partial charge in [-0.15, -0.1) is 0 Å². The van der Waals surface area contributed by atoms with E-state index < -0.39 is 0 Å². The van der Waals surface area contributed by atoms with Crippen LogP contribution in [0, 0.1) is 0 Å². The summed E-state index contributed by atoms with van der Waals surface area (Å²) in [4.78, 5) is 6.88. The highest BCUT2D eigenvalue weighted by Crippen LogP contribution is 2.34. The van der Waals surface area contributed by atoms with Crippen LogP contribution in [0.1, 0.15) is 33.1 Å². The number of hydrogen-bond donors (Lipinski definition) is 1. The van der Waals surface area contributed by atoms with Crippen LogP contribution in [0.25, 0.3) is 11.1 Å². The molecule has 2 heterocycles.